The van der Waals surface area contributed by atoms with Crippen LogP contribution in [0.4, 0.5) is 0 Å². The van der Waals surface area contributed by atoms with E-state index in [0.717, 1.165) is 5.92 Å². The van der Waals surface area contributed by atoms with Gasteiger partial charge in [-0.1, -0.05) is 27.7 Å². The van der Waals surface area contributed by atoms with Gasteiger partial charge in [0.25, 0.3) is 0 Å². The van der Waals surface area contributed by atoms with Gasteiger partial charge >= 0.3 is 0 Å². The number of hydrogen-bond acceptors (Lipinski definition) is 1. The number of nitrogens with zero attached hydrogens (tertiary/aromatic N) is 1. The summed E-state index contributed by atoms with van der Waals surface area (Å²) >= 11 is 0. The lowest BCUT2D eigenvalue weighted by Crippen LogP contribution is -2.34. The maximum Gasteiger partial charge on any atom is 0.210 e. The summed E-state index contributed by atoms with van der Waals surface area (Å²) in [5.41, 5.74) is 0. The molecule has 0 N–H and O–H groups in total. The average molecular weight is 167 g/mol. The van der Waals surface area contributed by atoms with E-state index >= 15 is 0 Å². The minimum Gasteiger partial charge on any atom is -0.345 e. The Morgan fingerprint density at radius 1 is 1.17 bits per heavy atom. The molecule has 0 bridgehead atoms. The molecule has 0 atom stereocenters. The van der Waals surface area contributed by atoms with Crippen molar-refractivity contribution in [2.24, 2.45) is 5.92 Å². The van der Waals surface area contributed by atoms with Gasteiger partial charge in [-0.05, 0) is 37.2 Å². The molecule has 12 heavy (non-hydrogen) atoms. The first-order chi connectivity index (χ1) is 5.52. The molecule has 1 aliphatic rings. The molecule has 0 amide bonds. The van der Waals surface area contributed by atoms with Crippen molar-refractivity contribution < 1.29 is 0 Å². The molecule has 0 saturated carbocycles. The lowest BCUT2D eigenvalue weighted by molar-refractivity contribution is 0.428. The Hall–Kier alpha value is 0.0249. The van der Waals surface area contributed by atoms with Gasteiger partial charge in [-0.25, -0.2) is 0 Å². The topological polar surface area (TPSA) is 3.24 Å². The predicted octanol–water partition coefficient (Wildman–Crippen LogP) is 2.29. The van der Waals surface area contributed by atoms with Gasteiger partial charge in [0.05, 0.1) is 0 Å². The summed E-state index contributed by atoms with van der Waals surface area (Å²) in [5, 5.41) is 0.490. The predicted molar refractivity (Wildman–Crippen MR) is 56.8 cm³/mol. The fourth-order valence-electron chi connectivity index (χ4n) is 1.70. The second-order valence-corrected chi connectivity index (χ2v) is 5.13. The summed E-state index contributed by atoms with van der Waals surface area (Å²) in [6.45, 7) is 12.1. The summed E-state index contributed by atoms with van der Waals surface area (Å²) in [4.78, 5) is 2.61. The van der Waals surface area contributed by atoms with Gasteiger partial charge in [0.2, 0.25) is 7.41 Å². The van der Waals surface area contributed by atoms with Gasteiger partial charge in [-0.3, -0.25) is 0 Å². The summed E-state index contributed by atoms with van der Waals surface area (Å²) in [6, 6.07) is 0. The van der Waals surface area contributed by atoms with Crippen LogP contribution in [0.3, 0.4) is 0 Å². The van der Waals surface area contributed by atoms with Gasteiger partial charge in [0, 0.05) is 0 Å². The Bertz CT molecular complexity index is 137. The van der Waals surface area contributed by atoms with Crippen molar-refractivity contribution in [2.75, 3.05) is 13.1 Å². The summed E-state index contributed by atoms with van der Waals surface area (Å²) < 4.78 is 0. The molecule has 2 heteroatoms. The van der Waals surface area contributed by atoms with Gasteiger partial charge < -0.3 is 4.81 Å². The highest BCUT2D eigenvalue weighted by atomic mass is 15.1. The zero-order chi connectivity index (χ0) is 9.19. The average Bonchev–Trinajstić information content (AvgIpc) is 2.38. The van der Waals surface area contributed by atoms with Gasteiger partial charge in [-0.2, -0.15) is 0 Å². The van der Waals surface area contributed by atoms with E-state index in [-0.39, 0.29) is 0 Å². The quantitative estimate of drug-likeness (QED) is 0.583. The van der Waals surface area contributed by atoms with Crippen LogP contribution in [0, 0.1) is 5.92 Å². The summed E-state index contributed by atoms with van der Waals surface area (Å²) in [7, 11) is 1.28. The first kappa shape index (κ1) is 10.1. The first-order valence-corrected chi connectivity index (χ1v) is 5.25. The van der Waals surface area contributed by atoms with Crippen molar-refractivity contribution in [1.29, 1.82) is 0 Å². The number of hydrogen-bond donors (Lipinski definition) is 0. The van der Waals surface area contributed by atoms with Crippen LogP contribution in [0.1, 0.15) is 40.5 Å². The molecule has 1 aliphatic heterocycles. The largest absolute Gasteiger partial charge is 0.345 e. The maximum absolute atomic E-state index is 2.61. The highest BCUT2D eigenvalue weighted by molar-refractivity contribution is 6.36. The number of rotatable bonds is 3. The van der Waals surface area contributed by atoms with Crippen molar-refractivity contribution in [3.8, 4) is 0 Å². The van der Waals surface area contributed by atoms with E-state index in [1.807, 2.05) is 0 Å². The monoisotopic (exact) mass is 167 g/mol. The molecule has 1 rings (SSSR count). The van der Waals surface area contributed by atoms with E-state index in [9.17, 15) is 0 Å². The van der Waals surface area contributed by atoms with E-state index in [2.05, 4.69) is 32.5 Å². The molecule has 1 heterocycles. The molecule has 1 fully saturated rings. The van der Waals surface area contributed by atoms with E-state index in [4.69, 9.17) is 0 Å². The molecular weight excluding hydrogens is 145 g/mol. The van der Waals surface area contributed by atoms with Crippen LogP contribution in [-0.2, 0) is 0 Å². The van der Waals surface area contributed by atoms with Crippen LogP contribution in [0.15, 0.2) is 0 Å². The SMILES string of the molecule is CC(C)C(C)(C)BN1CCCC1. The van der Waals surface area contributed by atoms with Crippen molar-refractivity contribution in [3.63, 3.8) is 0 Å². The zero-order valence-corrected chi connectivity index (χ0v) is 9.06. The van der Waals surface area contributed by atoms with Crippen LogP contribution in [0.25, 0.3) is 0 Å². The van der Waals surface area contributed by atoms with Crippen molar-refractivity contribution in [1.82, 2.24) is 4.81 Å². The second-order valence-electron chi connectivity index (χ2n) is 5.13. The van der Waals surface area contributed by atoms with Crippen LogP contribution >= 0.6 is 0 Å². The van der Waals surface area contributed by atoms with E-state index < -0.39 is 0 Å². The molecule has 70 valence electrons. The van der Waals surface area contributed by atoms with E-state index in [1.165, 1.54) is 33.3 Å². The lowest BCUT2D eigenvalue weighted by atomic mass is 9.56. The fraction of sp³-hybridized carbons (Fsp3) is 1.00. The van der Waals surface area contributed by atoms with Crippen molar-refractivity contribution in [3.05, 3.63) is 0 Å². The third-order valence-electron chi connectivity index (χ3n) is 3.39. The summed E-state index contributed by atoms with van der Waals surface area (Å²) in [6.07, 6.45) is 2.82. The highest BCUT2D eigenvalue weighted by Gasteiger charge is 2.28. The van der Waals surface area contributed by atoms with Gasteiger partial charge in [0.15, 0.2) is 0 Å². The van der Waals surface area contributed by atoms with E-state index in [0.29, 0.717) is 5.31 Å². The normalized spacial score (nSPS) is 20.4. The third-order valence-corrected chi connectivity index (χ3v) is 3.39. The fourth-order valence-corrected chi connectivity index (χ4v) is 1.70. The Balaban J connectivity index is 2.37. The van der Waals surface area contributed by atoms with Crippen LogP contribution < -0.4 is 0 Å². The molecule has 0 radical (unpaired) electrons. The standard InChI is InChI=1S/C10H22BN/c1-9(2)10(3,4)11-12-7-5-6-8-12/h9,11H,5-8H2,1-4H3. The minimum absolute atomic E-state index is 0.490. The minimum atomic E-state index is 0.490. The van der Waals surface area contributed by atoms with E-state index in [1.54, 1.807) is 0 Å². The lowest BCUT2D eigenvalue weighted by Gasteiger charge is -2.32. The van der Waals surface area contributed by atoms with Gasteiger partial charge in [-0.15, -0.1) is 0 Å². The highest BCUT2D eigenvalue weighted by Crippen LogP contribution is 2.34. The molecule has 0 unspecified atom stereocenters. The molecular formula is C10H22BN. The third kappa shape index (κ3) is 2.51. The Morgan fingerprint density at radius 3 is 2.08 bits per heavy atom. The molecule has 0 aromatic carbocycles. The summed E-state index contributed by atoms with van der Waals surface area (Å²) in [5.74, 6) is 0.790. The zero-order valence-electron chi connectivity index (χ0n) is 9.06. The first-order valence-electron chi connectivity index (χ1n) is 5.25. The van der Waals surface area contributed by atoms with Crippen LogP contribution in [0.5, 0.6) is 0 Å². The smallest absolute Gasteiger partial charge is 0.210 e. The van der Waals surface area contributed by atoms with Crippen molar-refractivity contribution in [2.45, 2.75) is 45.9 Å². The Labute approximate surface area is 77.8 Å². The molecule has 0 aliphatic carbocycles. The maximum atomic E-state index is 2.61. The molecule has 0 spiro atoms. The van der Waals surface area contributed by atoms with Gasteiger partial charge in [0.1, 0.15) is 0 Å². The second kappa shape index (κ2) is 3.82. The van der Waals surface area contributed by atoms with Crippen LogP contribution in [-0.4, -0.2) is 25.3 Å². The molecule has 1 nitrogen and oxygen atoms in total. The molecule has 0 aromatic heterocycles. The van der Waals surface area contributed by atoms with Crippen LogP contribution in [0.2, 0.25) is 5.31 Å². The molecule has 0 aromatic rings. The molecule has 1 saturated heterocycles. The Morgan fingerprint density at radius 2 is 1.67 bits per heavy atom. The van der Waals surface area contributed by atoms with Crippen molar-refractivity contribution >= 4 is 7.41 Å². The Kier molecular flexibility index (Phi) is 3.22.